The molecule has 1 aromatic carbocycles. The molecule has 5 heteroatoms. The van der Waals surface area contributed by atoms with Gasteiger partial charge in [-0.3, -0.25) is 4.79 Å². The van der Waals surface area contributed by atoms with Gasteiger partial charge in [0.15, 0.2) is 0 Å². The number of nitrogens with one attached hydrogen (secondary N) is 1. The number of aliphatic hydroxyl groups excluding tert-OH is 1. The smallest absolute Gasteiger partial charge is 0.315 e. The van der Waals surface area contributed by atoms with Gasteiger partial charge < -0.3 is 19.6 Å². The number of ether oxygens (including phenoxy) is 1. The molecule has 0 amide bonds. The Bertz CT molecular complexity index is 875. The lowest BCUT2D eigenvalue weighted by atomic mass is 9.55. The van der Waals surface area contributed by atoms with E-state index in [4.69, 9.17) is 4.74 Å². The summed E-state index contributed by atoms with van der Waals surface area (Å²) >= 11 is 0. The standard InChI is InChI=1S/C26H36N2O3/c1-17-6-4-9-20(14-17)28-12-10-27(11-13-28)16-21-23-22(31-25(21)30)15-19-8-5-7-18(2)26(19,3)24(23)29/h4,6,8-9,14,18,21-24,29H,5,7,10-13,15-16H2,1-3H3/p+1/t18-,21-,22-,23-,24-,26-/m1/s1. The lowest BCUT2D eigenvalue weighted by molar-refractivity contribution is -0.903. The maximum Gasteiger partial charge on any atom is 0.315 e. The number of piperazine rings is 1. The molecule has 6 atom stereocenters. The van der Waals surface area contributed by atoms with Gasteiger partial charge in [-0.25, -0.2) is 0 Å². The van der Waals surface area contributed by atoms with Crippen molar-refractivity contribution in [3.05, 3.63) is 41.5 Å². The Morgan fingerprint density at radius 1 is 1.29 bits per heavy atom. The first kappa shape index (κ1) is 21.0. The molecule has 31 heavy (non-hydrogen) atoms. The summed E-state index contributed by atoms with van der Waals surface area (Å²) in [5, 5.41) is 11.5. The van der Waals surface area contributed by atoms with Crippen molar-refractivity contribution in [2.24, 2.45) is 23.2 Å². The molecule has 0 spiro atoms. The third-order valence-corrected chi connectivity index (χ3v) is 8.92. The van der Waals surface area contributed by atoms with Crippen LogP contribution in [0.3, 0.4) is 0 Å². The number of benzene rings is 1. The van der Waals surface area contributed by atoms with Crippen LogP contribution in [0, 0.1) is 30.1 Å². The van der Waals surface area contributed by atoms with Gasteiger partial charge >= 0.3 is 5.97 Å². The highest BCUT2D eigenvalue weighted by atomic mass is 16.6. The predicted molar refractivity (Wildman–Crippen MR) is 121 cm³/mol. The van der Waals surface area contributed by atoms with E-state index in [1.807, 2.05) is 0 Å². The minimum atomic E-state index is -0.503. The number of aliphatic hydroxyl groups is 1. The number of carbonyl (C=O) groups excluding carboxylic acids is 1. The maximum atomic E-state index is 12.9. The second kappa shape index (κ2) is 7.93. The number of anilines is 1. The zero-order valence-corrected chi connectivity index (χ0v) is 19.1. The van der Waals surface area contributed by atoms with Crippen molar-refractivity contribution in [1.29, 1.82) is 0 Å². The quantitative estimate of drug-likeness (QED) is 0.575. The third-order valence-electron chi connectivity index (χ3n) is 8.92. The van der Waals surface area contributed by atoms with E-state index in [-0.39, 0.29) is 29.3 Å². The van der Waals surface area contributed by atoms with Gasteiger partial charge in [-0.1, -0.05) is 37.6 Å². The topological polar surface area (TPSA) is 54.2 Å². The number of aryl methyl sites for hydroxylation is 1. The van der Waals surface area contributed by atoms with Crippen LogP contribution in [0.5, 0.6) is 0 Å². The molecule has 1 saturated carbocycles. The summed E-state index contributed by atoms with van der Waals surface area (Å²) in [4.78, 5) is 16.8. The molecule has 1 aromatic rings. The van der Waals surface area contributed by atoms with Gasteiger partial charge in [-0.15, -0.1) is 0 Å². The number of hydrogen-bond donors (Lipinski definition) is 2. The summed E-state index contributed by atoms with van der Waals surface area (Å²) < 4.78 is 5.86. The molecule has 5 nitrogen and oxygen atoms in total. The van der Waals surface area contributed by atoms with Crippen molar-refractivity contribution in [2.45, 2.75) is 52.2 Å². The Morgan fingerprint density at radius 2 is 2.06 bits per heavy atom. The summed E-state index contributed by atoms with van der Waals surface area (Å²) in [6.45, 7) is 11.4. The molecule has 0 aromatic heterocycles. The molecule has 2 aliphatic heterocycles. The molecule has 2 heterocycles. The molecule has 0 radical (unpaired) electrons. The Morgan fingerprint density at radius 3 is 2.81 bits per heavy atom. The predicted octanol–water partition coefficient (Wildman–Crippen LogP) is 1.98. The highest BCUT2D eigenvalue weighted by molar-refractivity contribution is 5.76. The molecule has 2 saturated heterocycles. The second-order valence-corrected chi connectivity index (χ2v) is 10.6. The Kier molecular flexibility index (Phi) is 5.38. The fourth-order valence-corrected chi connectivity index (χ4v) is 6.72. The van der Waals surface area contributed by atoms with Crippen LogP contribution in [0.25, 0.3) is 0 Å². The Hall–Kier alpha value is -1.85. The van der Waals surface area contributed by atoms with Crippen LogP contribution < -0.4 is 9.80 Å². The first-order chi connectivity index (χ1) is 14.9. The average molecular weight is 426 g/mol. The highest BCUT2D eigenvalue weighted by Gasteiger charge is 2.60. The van der Waals surface area contributed by atoms with Crippen LogP contribution in [0.4, 0.5) is 5.69 Å². The third kappa shape index (κ3) is 3.50. The molecule has 3 fully saturated rings. The molecule has 2 N–H and O–H groups in total. The minimum Gasteiger partial charge on any atom is -0.461 e. The zero-order valence-electron chi connectivity index (χ0n) is 19.1. The molecule has 5 rings (SSSR count). The molecule has 0 unspecified atom stereocenters. The largest absolute Gasteiger partial charge is 0.461 e. The number of carbonyl (C=O) groups is 1. The molecule has 4 aliphatic rings. The van der Waals surface area contributed by atoms with E-state index in [2.05, 4.69) is 56.0 Å². The summed E-state index contributed by atoms with van der Waals surface area (Å²) in [6.07, 6.45) is 4.64. The van der Waals surface area contributed by atoms with E-state index in [9.17, 15) is 9.90 Å². The fourth-order valence-electron chi connectivity index (χ4n) is 6.72. The maximum absolute atomic E-state index is 12.9. The van der Waals surface area contributed by atoms with Gasteiger partial charge in [0.2, 0.25) is 0 Å². The van der Waals surface area contributed by atoms with Crippen molar-refractivity contribution in [3.8, 4) is 0 Å². The number of nitrogens with zero attached hydrogens (tertiary/aromatic N) is 1. The SMILES string of the molecule is Cc1cccc(N2CC[NH+](C[C@H]3C(=O)O[C@@H]4CC5=CCC[C@@H](C)[C@@]5(C)[C@H](O)[C@@H]43)CC2)c1. The Balaban J connectivity index is 1.28. The van der Waals surface area contributed by atoms with Gasteiger partial charge in [0.1, 0.15) is 12.0 Å². The zero-order chi connectivity index (χ0) is 21.8. The average Bonchev–Trinajstić information content (AvgIpc) is 3.06. The van der Waals surface area contributed by atoms with Crippen LogP contribution in [-0.2, 0) is 9.53 Å². The summed E-state index contributed by atoms with van der Waals surface area (Å²) in [5.41, 5.74) is 3.68. The summed E-state index contributed by atoms with van der Waals surface area (Å²) in [5.74, 6) is 0.0914. The van der Waals surface area contributed by atoms with E-state index < -0.39 is 6.10 Å². The van der Waals surface area contributed by atoms with Gasteiger partial charge in [-0.05, 0) is 43.4 Å². The number of esters is 1. The van der Waals surface area contributed by atoms with Gasteiger partial charge in [0, 0.05) is 23.4 Å². The van der Waals surface area contributed by atoms with Crippen molar-refractivity contribution in [2.75, 3.05) is 37.6 Å². The molecule has 168 valence electrons. The molecular formula is C26H37N2O3+. The van der Waals surface area contributed by atoms with Crippen LogP contribution in [0.15, 0.2) is 35.9 Å². The number of rotatable bonds is 3. The first-order valence-corrected chi connectivity index (χ1v) is 12.1. The van der Waals surface area contributed by atoms with Gasteiger partial charge in [-0.2, -0.15) is 0 Å². The van der Waals surface area contributed by atoms with Crippen LogP contribution >= 0.6 is 0 Å². The summed E-state index contributed by atoms with van der Waals surface area (Å²) in [7, 11) is 0. The lowest BCUT2D eigenvalue weighted by Gasteiger charge is -2.51. The van der Waals surface area contributed by atoms with Gasteiger partial charge in [0.25, 0.3) is 0 Å². The first-order valence-electron chi connectivity index (χ1n) is 12.1. The van der Waals surface area contributed by atoms with Crippen LogP contribution in [0.1, 0.15) is 38.7 Å². The normalized spacial score (nSPS) is 38.3. The minimum absolute atomic E-state index is 0.0718. The van der Waals surface area contributed by atoms with Crippen molar-refractivity contribution >= 4 is 11.7 Å². The fraction of sp³-hybridized carbons (Fsp3) is 0.654. The monoisotopic (exact) mass is 425 g/mol. The number of quaternary nitrogens is 1. The van der Waals surface area contributed by atoms with E-state index in [0.717, 1.165) is 52.0 Å². The van der Waals surface area contributed by atoms with Crippen LogP contribution in [-0.4, -0.2) is 56.0 Å². The van der Waals surface area contributed by atoms with E-state index in [1.165, 1.54) is 21.7 Å². The molecule has 2 aliphatic carbocycles. The Labute approximate surface area is 186 Å². The van der Waals surface area contributed by atoms with E-state index >= 15 is 0 Å². The number of allylic oxidation sites excluding steroid dienone is 1. The van der Waals surface area contributed by atoms with Crippen molar-refractivity contribution < 1.29 is 19.5 Å². The highest BCUT2D eigenvalue weighted by Crippen LogP contribution is 2.55. The van der Waals surface area contributed by atoms with E-state index in [0.29, 0.717) is 5.92 Å². The van der Waals surface area contributed by atoms with E-state index in [1.54, 1.807) is 0 Å². The van der Waals surface area contributed by atoms with Crippen molar-refractivity contribution in [3.63, 3.8) is 0 Å². The number of fused-ring (bicyclic) bond motifs is 2. The molecular weight excluding hydrogens is 388 g/mol. The lowest BCUT2D eigenvalue weighted by Crippen LogP contribution is -3.15. The van der Waals surface area contributed by atoms with Crippen LogP contribution in [0.2, 0.25) is 0 Å². The number of hydrogen-bond acceptors (Lipinski definition) is 4. The summed E-state index contributed by atoms with van der Waals surface area (Å²) in [6, 6.07) is 8.70. The second-order valence-electron chi connectivity index (χ2n) is 10.6. The van der Waals surface area contributed by atoms with Gasteiger partial charge in [0.05, 0.1) is 38.8 Å². The van der Waals surface area contributed by atoms with Crippen molar-refractivity contribution in [1.82, 2.24) is 0 Å². The molecule has 0 bridgehead atoms.